The molecular weight excluding hydrogens is 392 g/mol. The van der Waals surface area contributed by atoms with Crippen molar-refractivity contribution in [3.63, 3.8) is 0 Å². The molecule has 0 aliphatic heterocycles. The molecule has 0 bridgehead atoms. The van der Waals surface area contributed by atoms with Crippen molar-refractivity contribution in [1.82, 2.24) is 0 Å². The Bertz CT molecular complexity index is 708. The van der Waals surface area contributed by atoms with E-state index in [1.165, 1.54) is 64.2 Å². The van der Waals surface area contributed by atoms with E-state index >= 15 is 0 Å². The van der Waals surface area contributed by atoms with Gasteiger partial charge in [-0.05, 0) is 110 Å². The van der Waals surface area contributed by atoms with Crippen molar-refractivity contribution in [2.45, 2.75) is 119 Å². The van der Waals surface area contributed by atoms with Crippen LogP contribution in [0.4, 0.5) is 0 Å². The number of allylic oxidation sites excluding steroid dienone is 2. The van der Waals surface area contributed by atoms with Gasteiger partial charge in [-0.2, -0.15) is 0 Å². The third kappa shape index (κ3) is 4.46. The van der Waals surface area contributed by atoms with Crippen LogP contribution in [0.15, 0.2) is 11.8 Å². The van der Waals surface area contributed by atoms with Crippen molar-refractivity contribution < 1.29 is 9.53 Å². The van der Waals surface area contributed by atoms with E-state index in [4.69, 9.17) is 4.74 Å². The van der Waals surface area contributed by atoms with E-state index in [9.17, 15) is 4.79 Å². The van der Waals surface area contributed by atoms with Crippen molar-refractivity contribution >= 4 is 5.97 Å². The van der Waals surface area contributed by atoms with Crippen LogP contribution in [0.1, 0.15) is 119 Å². The number of hydrogen-bond donors (Lipinski definition) is 0. The molecule has 4 aliphatic rings. The highest BCUT2D eigenvalue weighted by Crippen LogP contribution is 2.68. The highest BCUT2D eigenvalue weighted by molar-refractivity contribution is 5.67. The molecule has 0 spiro atoms. The highest BCUT2D eigenvalue weighted by Gasteiger charge is 2.60. The number of fused-ring (bicyclic) bond motifs is 5. The van der Waals surface area contributed by atoms with Crippen LogP contribution in [-0.4, -0.2) is 5.97 Å². The molecule has 32 heavy (non-hydrogen) atoms. The van der Waals surface area contributed by atoms with Crippen LogP contribution in [0, 0.1) is 52.3 Å². The molecule has 4 rings (SSSR count). The molecule has 0 aromatic carbocycles. The summed E-state index contributed by atoms with van der Waals surface area (Å²) in [7, 11) is 0. The molecule has 0 radical (unpaired) electrons. The molecule has 0 aromatic rings. The average Bonchev–Trinajstić information content (AvgIpc) is 2.97. The van der Waals surface area contributed by atoms with Crippen LogP contribution in [0.5, 0.6) is 0 Å². The Hall–Kier alpha value is -0.790. The molecule has 0 N–H and O–H groups in total. The summed E-state index contributed by atoms with van der Waals surface area (Å²) in [5.74, 6) is 6.92. The van der Waals surface area contributed by atoms with Gasteiger partial charge >= 0.3 is 5.97 Å². The lowest BCUT2D eigenvalue weighted by Gasteiger charge is -2.59. The molecule has 0 aromatic heterocycles. The Morgan fingerprint density at radius 2 is 1.75 bits per heavy atom. The average molecular weight is 443 g/mol. The first-order valence-electron chi connectivity index (χ1n) is 14.0. The van der Waals surface area contributed by atoms with Gasteiger partial charge in [-0.25, -0.2) is 0 Å². The minimum absolute atomic E-state index is 0.151. The zero-order chi connectivity index (χ0) is 23.1. The lowest BCUT2D eigenvalue weighted by atomic mass is 9.45. The molecule has 4 aliphatic carbocycles. The van der Waals surface area contributed by atoms with Gasteiger partial charge < -0.3 is 4.74 Å². The molecule has 2 nitrogen and oxygen atoms in total. The van der Waals surface area contributed by atoms with E-state index < -0.39 is 0 Å². The molecule has 8 atom stereocenters. The minimum atomic E-state index is -0.151. The first-order valence-corrected chi connectivity index (χ1v) is 14.0. The zero-order valence-electron chi connectivity index (χ0n) is 21.9. The number of hydrogen-bond acceptors (Lipinski definition) is 2. The normalized spacial score (nSPS) is 42.3. The number of esters is 1. The Morgan fingerprint density at radius 1 is 1.00 bits per heavy atom. The monoisotopic (exact) mass is 442 g/mol. The summed E-state index contributed by atoms with van der Waals surface area (Å²) >= 11 is 0. The van der Waals surface area contributed by atoms with Crippen LogP contribution < -0.4 is 0 Å². The van der Waals surface area contributed by atoms with E-state index in [1.807, 2.05) is 0 Å². The van der Waals surface area contributed by atoms with Gasteiger partial charge in [0.1, 0.15) is 5.76 Å². The summed E-state index contributed by atoms with van der Waals surface area (Å²) in [4.78, 5) is 11.6. The van der Waals surface area contributed by atoms with Crippen molar-refractivity contribution in [1.29, 1.82) is 0 Å². The molecule has 0 unspecified atom stereocenters. The topological polar surface area (TPSA) is 26.3 Å². The second-order valence-corrected chi connectivity index (χ2v) is 13.2. The fourth-order valence-corrected chi connectivity index (χ4v) is 9.42. The number of carbonyl (C=O) groups is 1. The second kappa shape index (κ2) is 9.46. The molecule has 2 heteroatoms. The van der Waals surface area contributed by atoms with Crippen molar-refractivity contribution in [3.05, 3.63) is 11.8 Å². The molecular formula is C30H50O2. The van der Waals surface area contributed by atoms with E-state index in [0.29, 0.717) is 16.7 Å². The maximum atomic E-state index is 11.6. The molecule has 182 valence electrons. The van der Waals surface area contributed by atoms with Crippen molar-refractivity contribution in [3.8, 4) is 0 Å². The lowest BCUT2D eigenvalue weighted by molar-refractivity contribution is -0.138. The minimum Gasteiger partial charge on any atom is -0.432 e. The number of carbonyl (C=O) groups excluding carboxylic acids is 1. The van der Waals surface area contributed by atoms with Gasteiger partial charge in [0.25, 0.3) is 0 Å². The quantitative estimate of drug-likeness (QED) is 0.385. The Morgan fingerprint density at radius 3 is 2.47 bits per heavy atom. The summed E-state index contributed by atoms with van der Waals surface area (Å²) in [5.41, 5.74) is 0.997. The fourth-order valence-electron chi connectivity index (χ4n) is 9.42. The Kier molecular flexibility index (Phi) is 7.19. The predicted octanol–water partition coefficient (Wildman–Crippen LogP) is 8.55. The Labute approximate surface area is 198 Å². The van der Waals surface area contributed by atoms with E-state index in [0.717, 1.165) is 54.1 Å². The van der Waals surface area contributed by atoms with Gasteiger partial charge in [-0.1, -0.05) is 53.9 Å². The summed E-state index contributed by atoms with van der Waals surface area (Å²) in [6, 6.07) is 0. The summed E-state index contributed by atoms with van der Waals surface area (Å²) < 4.78 is 5.60. The van der Waals surface area contributed by atoms with Crippen LogP contribution in [0.2, 0.25) is 0 Å². The SMILES string of the molecule is CC(=O)OC1=CCC[C@@]2(C)[C@@H](CC[C@H]3[C@H]2CC[C@@]2(C)[C@H]3CC[C@H]2[C@H](C)CCCC(C)C)C1. The first kappa shape index (κ1) is 24.3. The largest absolute Gasteiger partial charge is 0.432 e. The standard InChI is InChI=1S/C30H50O2/c1-20(2)9-7-10-21(3)26-14-15-27-25-13-12-23-19-24(32-22(4)31)11-8-17-29(23,5)28(25)16-18-30(26,27)6/h11,20-21,23,25-28H,7-10,12-19H2,1-6H3/t21-,23+,25-,26+,27+,28-,29+,30-/m1/s1. The lowest BCUT2D eigenvalue weighted by Crippen LogP contribution is -2.52. The number of rotatable bonds is 6. The molecule has 0 amide bonds. The maximum absolute atomic E-state index is 11.6. The summed E-state index contributed by atoms with van der Waals surface area (Å²) in [6.07, 6.45) is 18.4. The summed E-state index contributed by atoms with van der Waals surface area (Å²) in [5, 5.41) is 0. The third-order valence-corrected chi connectivity index (χ3v) is 11.0. The highest BCUT2D eigenvalue weighted by atomic mass is 16.5. The van der Waals surface area contributed by atoms with Gasteiger partial charge in [-0.15, -0.1) is 0 Å². The first-order chi connectivity index (χ1) is 15.1. The van der Waals surface area contributed by atoms with E-state index in [1.54, 1.807) is 6.92 Å². The Balaban J connectivity index is 1.46. The molecule has 0 heterocycles. The predicted molar refractivity (Wildman–Crippen MR) is 133 cm³/mol. The third-order valence-electron chi connectivity index (χ3n) is 11.0. The van der Waals surface area contributed by atoms with Crippen molar-refractivity contribution in [2.75, 3.05) is 0 Å². The maximum Gasteiger partial charge on any atom is 0.307 e. The van der Waals surface area contributed by atoms with Gasteiger partial charge in [0, 0.05) is 13.3 Å². The van der Waals surface area contributed by atoms with Crippen molar-refractivity contribution in [2.24, 2.45) is 52.3 Å². The fraction of sp³-hybridized carbons (Fsp3) is 0.900. The molecule has 3 fully saturated rings. The molecule has 3 saturated carbocycles. The zero-order valence-corrected chi connectivity index (χ0v) is 21.9. The number of ether oxygens (including phenoxy) is 1. The van der Waals surface area contributed by atoms with Crippen LogP contribution in [0.25, 0.3) is 0 Å². The summed E-state index contributed by atoms with van der Waals surface area (Å²) in [6.45, 7) is 14.2. The van der Waals surface area contributed by atoms with Crippen LogP contribution in [-0.2, 0) is 9.53 Å². The molecule has 0 saturated heterocycles. The van der Waals surface area contributed by atoms with Crippen LogP contribution >= 0.6 is 0 Å². The van der Waals surface area contributed by atoms with E-state index in [-0.39, 0.29) is 5.97 Å². The second-order valence-electron chi connectivity index (χ2n) is 13.2. The van der Waals surface area contributed by atoms with Gasteiger partial charge in [0.05, 0.1) is 0 Å². The smallest absolute Gasteiger partial charge is 0.307 e. The van der Waals surface area contributed by atoms with E-state index in [2.05, 4.69) is 40.7 Å². The van der Waals surface area contributed by atoms with Gasteiger partial charge in [-0.3, -0.25) is 4.79 Å². The van der Waals surface area contributed by atoms with Gasteiger partial charge in [0.2, 0.25) is 0 Å². The van der Waals surface area contributed by atoms with Crippen LogP contribution in [0.3, 0.4) is 0 Å². The van der Waals surface area contributed by atoms with Gasteiger partial charge in [0.15, 0.2) is 0 Å².